The SMILES string of the molecule is CN(C)c1nc(CN(C)[C@@H]2CCN(Cc3ccn[nH]3)C2)cc(=O)[nH]1. The van der Waals surface area contributed by atoms with E-state index in [-0.39, 0.29) is 5.56 Å². The van der Waals surface area contributed by atoms with Crippen LogP contribution in [0.25, 0.3) is 0 Å². The molecule has 1 aliphatic rings. The van der Waals surface area contributed by atoms with E-state index in [1.807, 2.05) is 25.1 Å². The Bertz CT molecular complexity index is 709. The quantitative estimate of drug-likeness (QED) is 0.790. The molecule has 0 aromatic carbocycles. The van der Waals surface area contributed by atoms with E-state index in [0.717, 1.165) is 37.4 Å². The van der Waals surface area contributed by atoms with Crippen molar-refractivity contribution >= 4 is 5.95 Å². The highest BCUT2D eigenvalue weighted by Gasteiger charge is 2.26. The molecule has 130 valence electrons. The number of nitrogens with zero attached hydrogens (tertiary/aromatic N) is 5. The van der Waals surface area contributed by atoms with E-state index in [9.17, 15) is 4.79 Å². The fourth-order valence-corrected chi connectivity index (χ4v) is 3.10. The normalized spacial score (nSPS) is 18.4. The smallest absolute Gasteiger partial charge is 0.252 e. The molecule has 1 fully saturated rings. The van der Waals surface area contributed by atoms with E-state index in [1.54, 1.807) is 12.3 Å². The van der Waals surface area contributed by atoms with Crippen LogP contribution in [-0.4, -0.2) is 70.2 Å². The zero-order valence-electron chi connectivity index (χ0n) is 14.5. The molecule has 0 spiro atoms. The average Bonchev–Trinajstić information content (AvgIpc) is 3.19. The van der Waals surface area contributed by atoms with Crippen molar-refractivity contribution in [3.63, 3.8) is 0 Å². The van der Waals surface area contributed by atoms with E-state index in [1.165, 1.54) is 0 Å². The Morgan fingerprint density at radius 3 is 2.92 bits per heavy atom. The van der Waals surface area contributed by atoms with Gasteiger partial charge in [0.05, 0.1) is 5.69 Å². The molecule has 1 atom stereocenters. The lowest BCUT2D eigenvalue weighted by Crippen LogP contribution is -2.34. The predicted octanol–water partition coefficient (Wildman–Crippen LogP) is 0.265. The summed E-state index contributed by atoms with van der Waals surface area (Å²) in [4.78, 5) is 25.6. The van der Waals surface area contributed by atoms with E-state index < -0.39 is 0 Å². The Morgan fingerprint density at radius 2 is 2.21 bits per heavy atom. The lowest BCUT2D eigenvalue weighted by atomic mass is 10.2. The molecule has 2 aromatic rings. The van der Waals surface area contributed by atoms with Crippen LogP contribution in [0, 0.1) is 0 Å². The van der Waals surface area contributed by atoms with Crippen LogP contribution in [0.2, 0.25) is 0 Å². The number of likely N-dealkylation sites (tertiary alicyclic amines) is 1. The largest absolute Gasteiger partial charge is 0.348 e. The minimum absolute atomic E-state index is 0.107. The molecule has 24 heavy (non-hydrogen) atoms. The second-order valence-electron chi connectivity index (χ2n) is 6.63. The fourth-order valence-electron chi connectivity index (χ4n) is 3.10. The first kappa shape index (κ1) is 16.7. The van der Waals surface area contributed by atoms with Crippen LogP contribution in [0.3, 0.4) is 0 Å². The Hall–Kier alpha value is -2.19. The Kier molecular flexibility index (Phi) is 4.96. The van der Waals surface area contributed by atoms with Crippen molar-refractivity contribution in [2.75, 3.05) is 39.1 Å². The van der Waals surface area contributed by atoms with Gasteiger partial charge in [-0.15, -0.1) is 0 Å². The minimum Gasteiger partial charge on any atom is -0.348 e. The van der Waals surface area contributed by atoms with Gasteiger partial charge in [0, 0.05) is 64.3 Å². The van der Waals surface area contributed by atoms with Crippen molar-refractivity contribution in [1.29, 1.82) is 0 Å². The molecule has 3 rings (SSSR count). The number of H-pyrrole nitrogens is 2. The molecule has 8 nitrogen and oxygen atoms in total. The second-order valence-corrected chi connectivity index (χ2v) is 6.63. The monoisotopic (exact) mass is 331 g/mol. The molecule has 2 aromatic heterocycles. The number of aromatic amines is 2. The van der Waals surface area contributed by atoms with Gasteiger partial charge in [-0.05, 0) is 19.5 Å². The minimum atomic E-state index is -0.107. The van der Waals surface area contributed by atoms with Gasteiger partial charge in [-0.1, -0.05) is 0 Å². The highest BCUT2D eigenvalue weighted by molar-refractivity contribution is 5.27. The van der Waals surface area contributed by atoms with Gasteiger partial charge in [0.25, 0.3) is 5.56 Å². The standard InChI is InChI=1S/C16H25N7O/c1-21(2)16-18-13(8-15(24)19-16)9-22(3)14-5-7-23(11-14)10-12-4-6-17-20-12/h4,6,8,14H,5,7,9-11H2,1-3H3,(H,17,20)(H,18,19,24)/t14-/m1/s1. The summed E-state index contributed by atoms with van der Waals surface area (Å²) in [7, 11) is 5.84. The van der Waals surface area contributed by atoms with E-state index >= 15 is 0 Å². The Morgan fingerprint density at radius 1 is 1.38 bits per heavy atom. The summed E-state index contributed by atoms with van der Waals surface area (Å²) in [5.74, 6) is 0.596. The van der Waals surface area contributed by atoms with E-state index in [2.05, 4.69) is 37.0 Å². The topological polar surface area (TPSA) is 84.2 Å². The van der Waals surface area contributed by atoms with Crippen molar-refractivity contribution in [1.82, 2.24) is 30.0 Å². The number of likely N-dealkylation sites (N-methyl/N-ethyl adjacent to an activating group) is 1. The van der Waals surface area contributed by atoms with Crippen LogP contribution in [-0.2, 0) is 13.1 Å². The number of nitrogens with one attached hydrogen (secondary N) is 2. The zero-order chi connectivity index (χ0) is 17.1. The third kappa shape index (κ3) is 4.01. The van der Waals surface area contributed by atoms with Crippen molar-refractivity contribution in [2.24, 2.45) is 0 Å². The van der Waals surface area contributed by atoms with Gasteiger partial charge in [-0.3, -0.25) is 24.7 Å². The summed E-state index contributed by atoms with van der Waals surface area (Å²) in [6.45, 7) is 3.66. The van der Waals surface area contributed by atoms with E-state index in [4.69, 9.17) is 0 Å². The van der Waals surface area contributed by atoms with Crippen LogP contribution < -0.4 is 10.5 Å². The average molecular weight is 331 g/mol. The van der Waals surface area contributed by atoms with Gasteiger partial charge in [0.2, 0.25) is 5.95 Å². The third-order valence-electron chi connectivity index (χ3n) is 4.44. The van der Waals surface area contributed by atoms with Crippen molar-refractivity contribution < 1.29 is 0 Å². The molecule has 0 unspecified atom stereocenters. The first-order chi connectivity index (χ1) is 11.5. The molecule has 1 aliphatic heterocycles. The maximum atomic E-state index is 11.8. The van der Waals surface area contributed by atoms with Crippen LogP contribution in [0.5, 0.6) is 0 Å². The Balaban J connectivity index is 1.59. The number of aromatic nitrogens is 4. The summed E-state index contributed by atoms with van der Waals surface area (Å²) in [5.41, 5.74) is 1.84. The summed E-state index contributed by atoms with van der Waals surface area (Å²) >= 11 is 0. The molecule has 0 amide bonds. The maximum absolute atomic E-state index is 11.8. The first-order valence-electron chi connectivity index (χ1n) is 8.19. The fraction of sp³-hybridized carbons (Fsp3) is 0.562. The van der Waals surface area contributed by atoms with E-state index in [0.29, 0.717) is 18.5 Å². The molecule has 0 bridgehead atoms. The van der Waals surface area contributed by atoms with Gasteiger partial charge in [-0.25, -0.2) is 4.98 Å². The lowest BCUT2D eigenvalue weighted by molar-refractivity contribution is 0.220. The van der Waals surface area contributed by atoms with Crippen LogP contribution >= 0.6 is 0 Å². The molecular formula is C16H25N7O. The van der Waals surface area contributed by atoms with Gasteiger partial charge in [-0.2, -0.15) is 5.10 Å². The first-order valence-corrected chi connectivity index (χ1v) is 8.19. The van der Waals surface area contributed by atoms with Crippen LogP contribution in [0.15, 0.2) is 23.1 Å². The molecule has 0 aliphatic carbocycles. The molecule has 1 saturated heterocycles. The highest BCUT2D eigenvalue weighted by atomic mass is 16.1. The summed E-state index contributed by atoms with van der Waals surface area (Å²) in [6, 6.07) is 4.07. The highest BCUT2D eigenvalue weighted by Crippen LogP contribution is 2.18. The lowest BCUT2D eigenvalue weighted by Gasteiger charge is -2.24. The van der Waals surface area contributed by atoms with Gasteiger partial charge < -0.3 is 4.90 Å². The maximum Gasteiger partial charge on any atom is 0.252 e. The second kappa shape index (κ2) is 7.14. The van der Waals surface area contributed by atoms with Gasteiger partial charge in [0.15, 0.2) is 0 Å². The number of anilines is 1. The summed E-state index contributed by atoms with van der Waals surface area (Å²) < 4.78 is 0. The zero-order valence-corrected chi connectivity index (χ0v) is 14.5. The van der Waals surface area contributed by atoms with Gasteiger partial charge >= 0.3 is 0 Å². The van der Waals surface area contributed by atoms with Crippen molar-refractivity contribution in [3.05, 3.63) is 40.1 Å². The van der Waals surface area contributed by atoms with Gasteiger partial charge in [0.1, 0.15) is 0 Å². The molecule has 0 saturated carbocycles. The number of rotatable bonds is 6. The molecule has 3 heterocycles. The molecule has 0 radical (unpaired) electrons. The number of hydrogen-bond acceptors (Lipinski definition) is 6. The predicted molar refractivity (Wildman–Crippen MR) is 92.9 cm³/mol. The van der Waals surface area contributed by atoms with Crippen molar-refractivity contribution in [3.8, 4) is 0 Å². The van der Waals surface area contributed by atoms with Crippen LogP contribution in [0.4, 0.5) is 5.95 Å². The van der Waals surface area contributed by atoms with Crippen molar-refractivity contribution in [2.45, 2.75) is 25.6 Å². The molecule has 2 N–H and O–H groups in total. The third-order valence-corrected chi connectivity index (χ3v) is 4.44. The Labute approximate surface area is 141 Å². The number of hydrogen-bond donors (Lipinski definition) is 2. The summed E-state index contributed by atoms with van der Waals surface area (Å²) in [6.07, 6.45) is 2.91. The molecule has 8 heteroatoms. The van der Waals surface area contributed by atoms with Crippen LogP contribution in [0.1, 0.15) is 17.8 Å². The summed E-state index contributed by atoms with van der Waals surface area (Å²) in [5, 5.41) is 7.01. The molecular weight excluding hydrogens is 306 g/mol.